The van der Waals surface area contributed by atoms with Crippen LogP contribution in [-0.2, 0) is 4.79 Å². The minimum atomic E-state index is 0.0351. The van der Waals surface area contributed by atoms with E-state index in [1.54, 1.807) is 9.42 Å². The topological polar surface area (TPSA) is 83.7 Å². The van der Waals surface area contributed by atoms with Crippen molar-refractivity contribution in [3.63, 3.8) is 0 Å². The average Bonchev–Trinajstić information content (AvgIpc) is 3.35. The molecule has 4 rings (SSSR count). The number of aryl methyl sites for hydroxylation is 2. The highest BCUT2D eigenvalue weighted by atomic mass is 32.2. The minimum absolute atomic E-state index is 0.0351. The molecule has 1 aliphatic heterocycles. The van der Waals surface area contributed by atoms with Crippen LogP contribution in [-0.4, -0.2) is 73.1 Å². The van der Waals surface area contributed by atoms with Crippen LogP contribution in [0.15, 0.2) is 28.7 Å². The van der Waals surface area contributed by atoms with Crippen molar-refractivity contribution in [3.8, 4) is 0 Å². The van der Waals surface area contributed by atoms with Gasteiger partial charge in [0.15, 0.2) is 0 Å². The van der Waals surface area contributed by atoms with Crippen LogP contribution in [0.2, 0.25) is 0 Å². The van der Waals surface area contributed by atoms with Crippen molar-refractivity contribution in [3.05, 3.63) is 39.8 Å². The first-order chi connectivity index (χ1) is 13.5. The van der Waals surface area contributed by atoms with Crippen molar-refractivity contribution >= 4 is 40.7 Å². The van der Waals surface area contributed by atoms with E-state index in [0.717, 1.165) is 16.3 Å². The Kier molecular flexibility index (Phi) is 5.31. The number of amides is 2. The van der Waals surface area contributed by atoms with Crippen molar-refractivity contribution in [2.75, 3.05) is 31.9 Å². The molecule has 2 amide bonds. The molecule has 0 unspecified atom stereocenters. The molecule has 0 bridgehead atoms. The number of thioether (sulfide) groups is 1. The summed E-state index contributed by atoms with van der Waals surface area (Å²) < 4.78 is 1.69. The summed E-state index contributed by atoms with van der Waals surface area (Å²) in [5.74, 6) is 0.901. The van der Waals surface area contributed by atoms with Gasteiger partial charge in [-0.2, -0.15) is 4.98 Å². The minimum Gasteiger partial charge on any atom is -0.338 e. The van der Waals surface area contributed by atoms with Crippen LogP contribution in [0.1, 0.15) is 21.1 Å². The van der Waals surface area contributed by atoms with E-state index in [1.165, 1.54) is 23.1 Å². The molecule has 4 heterocycles. The van der Waals surface area contributed by atoms with Crippen LogP contribution < -0.4 is 0 Å². The van der Waals surface area contributed by atoms with E-state index in [0.29, 0.717) is 37.1 Å². The molecule has 3 aromatic heterocycles. The molecule has 1 saturated heterocycles. The first-order valence-corrected chi connectivity index (χ1v) is 10.8. The third-order valence-corrected chi connectivity index (χ3v) is 6.26. The Balaban J connectivity index is 1.31. The van der Waals surface area contributed by atoms with Crippen molar-refractivity contribution in [1.82, 2.24) is 29.4 Å². The molecule has 0 N–H and O–H groups in total. The second-order valence-corrected chi connectivity index (χ2v) is 8.47. The molecule has 0 aromatic carbocycles. The molecule has 1 aliphatic rings. The third-order valence-electron chi connectivity index (χ3n) is 4.58. The van der Waals surface area contributed by atoms with Gasteiger partial charge in [-0.1, -0.05) is 17.8 Å². The molecule has 10 heteroatoms. The Labute approximate surface area is 170 Å². The standard InChI is InChI=1S/C18H20N6O2S2/c1-12-10-13(2)24-17(19-12)20-18(21-24)28-11-15(25)22-5-7-23(8-6-22)16(26)14-4-3-9-27-14/h3-4,9-10H,5-8,11H2,1-2H3. The number of carbonyl (C=O) groups is 2. The molecule has 0 atom stereocenters. The number of rotatable bonds is 4. The van der Waals surface area contributed by atoms with Gasteiger partial charge < -0.3 is 9.80 Å². The van der Waals surface area contributed by atoms with Gasteiger partial charge in [0.1, 0.15) is 0 Å². The van der Waals surface area contributed by atoms with E-state index in [1.807, 2.05) is 42.3 Å². The van der Waals surface area contributed by atoms with Gasteiger partial charge in [0.2, 0.25) is 11.1 Å². The zero-order chi connectivity index (χ0) is 19.7. The van der Waals surface area contributed by atoms with Gasteiger partial charge in [-0.25, -0.2) is 9.50 Å². The highest BCUT2D eigenvalue weighted by Gasteiger charge is 2.25. The summed E-state index contributed by atoms with van der Waals surface area (Å²) in [6, 6.07) is 5.65. The fourth-order valence-electron chi connectivity index (χ4n) is 3.14. The molecule has 28 heavy (non-hydrogen) atoms. The maximum Gasteiger partial charge on any atom is 0.264 e. The summed E-state index contributed by atoms with van der Waals surface area (Å²) in [7, 11) is 0. The van der Waals surface area contributed by atoms with Gasteiger partial charge in [-0.3, -0.25) is 9.59 Å². The lowest BCUT2D eigenvalue weighted by atomic mass is 10.3. The monoisotopic (exact) mass is 416 g/mol. The summed E-state index contributed by atoms with van der Waals surface area (Å²) in [5, 5.41) is 6.86. The smallest absolute Gasteiger partial charge is 0.264 e. The zero-order valence-electron chi connectivity index (χ0n) is 15.7. The van der Waals surface area contributed by atoms with Crippen LogP contribution in [0, 0.1) is 13.8 Å². The SMILES string of the molecule is Cc1cc(C)n2nc(SCC(=O)N3CCN(C(=O)c4cccs4)CC3)nc2n1. The van der Waals surface area contributed by atoms with E-state index in [4.69, 9.17) is 0 Å². The normalized spacial score (nSPS) is 14.6. The van der Waals surface area contributed by atoms with Gasteiger partial charge >= 0.3 is 0 Å². The number of carbonyl (C=O) groups excluding carboxylic acids is 2. The largest absolute Gasteiger partial charge is 0.338 e. The van der Waals surface area contributed by atoms with E-state index >= 15 is 0 Å². The number of piperazine rings is 1. The van der Waals surface area contributed by atoms with Gasteiger partial charge in [0, 0.05) is 37.6 Å². The van der Waals surface area contributed by atoms with Crippen LogP contribution in [0.4, 0.5) is 0 Å². The van der Waals surface area contributed by atoms with Crippen molar-refractivity contribution in [2.24, 2.45) is 0 Å². The molecule has 0 radical (unpaired) electrons. The van der Waals surface area contributed by atoms with Crippen molar-refractivity contribution in [2.45, 2.75) is 19.0 Å². The second-order valence-electron chi connectivity index (χ2n) is 6.58. The van der Waals surface area contributed by atoms with E-state index in [-0.39, 0.29) is 17.6 Å². The fraction of sp³-hybridized carbons (Fsp3) is 0.389. The number of hydrogen-bond donors (Lipinski definition) is 0. The van der Waals surface area contributed by atoms with Crippen LogP contribution in [0.25, 0.3) is 5.78 Å². The first kappa shape index (κ1) is 18.9. The van der Waals surface area contributed by atoms with Crippen molar-refractivity contribution < 1.29 is 9.59 Å². The average molecular weight is 417 g/mol. The lowest BCUT2D eigenvalue weighted by Gasteiger charge is -2.34. The molecular weight excluding hydrogens is 396 g/mol. The second kappa shape index (κ2) is 7.88. The van der Waals surface area contributed by atoms with E-state index < -0.39 is 0 Å². The maximum absolute atomic E-state index is 12.5. The van der Waals surface area contributed by atoms with Crippen molar-refractivity contribution in [1.29, 1.82) is 0 Å². The molecule has 0 spiro atoms. The Morgan fingerprint density at radius 1 is 1.14 bits per heavy atom. The first-order valence-electron chi connectivity index (χ1n) is 8.95. The van der Waals surface area contributed by atoms with Crippen LogP contribution >= 0.6 is 23.1 Å². The summed E-state index contributed by atoms with van der Waals surface area (Å²) in [4.78, 5) is 38.0. The van der Waals surface area contributed by atoms with Crippen LogP contribution in [0.5, 0.6) is 0 Å². The maximum atomic E-state index is 12.5. The van der Waals surface area contributed by atoms with E-state index in [2.05, 4.69) is 15.1 Å². The molecule has 0 saturated carbocycles. The number of aromatic nitrogens is 4. The quantitative estimate of drug-likeness (QED) is 0.604. The Hall–Kier alpha value is -2.46. The van der Waals surface area contributed by atoms with E-state index in [9.17, 15) is 9.59 Å². The Bertz CT molecular complexity index is 1010. The molecule has 0 aliphatic carbocycles. The predicted molar refractivity (Wildman–Crippen MR) is 108 cm³/mol. The summed E-state index contributed by atoms with van der Waals surface area (Å²) >= 11 is 2.76. The number of hydrogen-bond acceptors (Lipinski definition) is 7. The molecule has 3 aromatic rings. The van der Waals surface area contributed by atoms with Gasteiger partial charge in [-0.05, 0) is 31.4 Å². The number of thiophene rings is 1. The molecule has 146 valence electrons. The van der Waals surface area contributed by atoms with Gasteiger partial charge in [-0.15, -0.1) is 16.4 Å². The highest BCUT2D eigenvalue weighted by Crippen LogP contribution is 2.18. The van der Waals surface area contributed by atoms with Gasteiger partial charge in [0.05, 0.1) is 10.6 Å². The fourth-order valence-corrected chi connectivity index (χ4v) is 4.55. The highest BCUT2D eigenvalue weighted by molar-refractivity contribution is 7.99. The van der Waals surface area contributed by atoms with Gasteiger partial charge in [0.25, 0.3) is 11.7 Å². The number of fused-ring (bicyclic) bond motifs is 1. The lowest BCUT2D eigenvalue weighted by Crippen LogP contribution is -2.51. The molecule has 8 nitrogen and oxygen atoms in total. The zero-order valence-corrected chi connectivity index (χ0v) is 17.3. The summed E-state index contributed by atoms with van der Waals surface area (Å²) in [6.45, 7) is 6.09. The summed E-state index contributed by atoms with van der Waals surface area (Å²) in [5.41, 5.74) is 1.85. The molecular formula is C18H20N6O2S2. The summed E-state index contributed by atoms with van der Waals surface area (Å²) in [6.07, 6.45) is 0. The lowest BCUT2D eigenvalue weighted by molar-refractivity contribution is -0.129. The predicted octanol–water partition coefficient (Wildman–Crippen LogP) is 1.88. The molecule has 1 fully saturated rings. The van der Waals surface area contributed by atoms with Crippen LogP contribution in [0.3, 0.4) is 0 Å². The Morgan fingerprint density at radius 3 is 2.61 bits per heavy atom. The third kappa shape index (κ3) is 3.88. The Morgan fingerprint density at radius 2 is 1.89 bits per heavy atom. The number of nitrogens with zero attached hydrogens (tertiary/aromatic N) is 6.